The molecule has 6 nitrogen and oxygen atoms in total. The number of nitrogens with zero attached hydrogens (tertiary/aromatic N) is 4. The highest BCUT2D eigenvalue weighted by atomic mass is 16.2. The van der Waals surface area contributed by atoms with E-state index in [0.29, 0.717) is 5.92 Å². The van der Waals surface area contributed by atoms with Gasteiger partial charge in [-0.05, 0) is 58.1 Å². The minimum Gasteiger partial charge on any atom is -0.338 e. The van der Waals surface area contributed by atoms with Gasteiger partial charge in [-0.15, -0.1) is 5.10 Å². The fraction of sp³-hybridized carbons (Fsp3) is 0.550. The zero-order valence-corrected chi connectivity index (χ0v) is 16.2. The monoisotopic (exact) mass is 355 g/mol. The van der Waals surface area contributed by atoms with Gasteiger partial charge in [-0.1, -0.05) is 22.9 Å². The van der Waals surface area contributed by atoms with Crippen LogP contribution in [0.25, 0.3) is 0 Å². The third kappa shape index (κ3) is 4.12. The van der Waals surface area contributed by atoms with E-state index in [1.165, 1.54) is 0 Å². The number of carbonyl (C=O) groups excluding carboxylic acids is 1. The van der Waals surface area contributed by atoms with Gasteiger partial charge in [0.25, 0.3) is 5.91 Å². The van der Waals surface area contributed by atoms with Crippen molar-refractivity contribution in [1.82, 2.24) is 19.9 Å². The molecular formula is C20H29N5O. The highest BCUT2D eigenvalue weighted by molar-refractivity contribution is 5.95. The van der Waals surface area contributed by atoms with Crippen molar-refractivity contribution in [3.8, 4) is 0 Å². The molecule has 0 radical (unpaired) electrons. The molecule has 3 rings (SSSR count). The minimum atomic E-state index is -0.491. The first-order chi connectivity index (χ1) is 12.2. The topological polar surface area (TPSA) is 77.0 Å². The van der Waals surface area contributed by atoms with Crippen LogP contribution in [0.2, 0.25) is 0 Å². The number of piperidine rings is 1. The molecule has 2 N–H and O–H groups in total. The Balaban J connectivity index is 1.68. The lowest BCUT2D eigenvalue weighted by molar-refractivity contribution is 0.0658. The van der Waals surface area contributed by atoms with Crippen LogP contribution in [0.1, 0.15) is 53.9 Å². The fourth-order valence-electron chi connectivity index (χ4n) is 3.48. The molecule has 0 bridgehead atoms. The van der Waals surface area contributed by atoms with E-state index in [1.54, 1.807) is 0 Å². The molecule has 1 aromatic heterocycles. The zero-order valence-electron chi connectivity index (χ0n) is 16.2. The van der Waals surface area contributed by atoms with E-state index in [1.807, 2.05) is 61.7 Å². The second-order valence-corrected chi connectivity index (χ2v) is 8.13. The molecule has 1 aliphatic rings. The van der Waals surface area contributed by atoms with Gasteiger partial charge in [0, 0.05) is 25.2 Å². The second-order valence-electron chi connectivity index (χ2n) is 8.13. The van der Waals surface area contributed by atoms with Crippen LogP contribution in [0.15, 0.2) is 24.4 Å². The molecule has 26 heavy (non-hydrogen) atoms. The predicted molar refractivity (Wildman–Crippen MR) is 102 cm³/mol. The average Bonchev–Trinajstić information content (AvgIpc) is 3.05. The summed E-state index contributed by atoms with van der Waals surface area (Å²) in [4.78, 5) is 15.0. The Labute approximate surface area is 155 Å². The molecule has 1 atom stereocenters. The van der Waals surface area contributed by atoms with Crippen LogP contribution in [-0.4, -0.2) is 38.9 Å². The zero-order chi connectivity index (χ0) is 18.9. The molecule has 2 heterocycles. The van der Waals surface area contributed by atoms with Crippen LogP contribution >= 0.6 is 0 Å². The smallest absolute Gasteiger partial charge is 0.254 e. The van der Waals surface area contributed by atoms with E-state index in [0.717, 1.165) is 54.9 Å². The van der Waals surface area contributed by atoms with Crippen LogP contribution < -0.4 is 5.73 Å². The molecule has 0 aliphatic carbocycles. The summed E-state index contributed by atoms with van der Waals surface area (Å²) in [5.41, 5.74) is 9.36. The van der Waals surface area contributed by atoms with Crippen LogP contribution in [0.4, 0.5) is 0 Å². The summed E-state index contributed by atoms with van der Waals surface area (Å²) in [6.45, 7) is 10.2. The summed E-state index contributed by atoms with van der Waals surface area (Å²) in [6, 6.07) is 6.07. The third-order valence-corrected chi connectivity index (χ3v) is 5.07. The van der Waals surface area contributed by atoms with Gasteiger partial charge < -0.3 is 10.6 Å². The number of carbonyl (C=O) groups is 1. The van der Waals surface area contributed by atoms with Crippen LogP contribution in [-0.2, 0) is 12.1 Å². The van der Waals surface area contributed by atoms with Crippen molar-refractivity contribution in [3.63, 3.8) is 0 Å². The summed E-state index contributed by atoms with van der Waals surface area (Å²) in [5, 5.41) is 8.40. The fourth-order valence-corrected chi connectivity index (χ4v) is 3.48. The number of hydrogen-bond acceptors (Lipinski definition) is 4. The largest absolute Gasteiger partial charge is 0.338 e. The summed E-state index contributed by atoms with van der Waals surface area (Å²) in [5.74, 6) is 0.520. The van der Waals surface area contributed by atoms with E-state index in [2.05, 4.69) is 10.3 Å². The van der Waals surface area contributed by atoms with E-state index >= 15 is 0 Å². The Hall–Kier alpha value is -2.21. The van der Waals surface area contributed by atoms with Crippen LogP contribution in [0.5, 0.6) is 0 Å². The number of likely N-dealkylation sites (tertiary alicyclic amines) is 1. The van der Waals surface area contributed by atoms with Crippen molar-refractivity contribution < 1.29 is 4.79 Å². The summed E-state index contributed by atoms with van der Waals surface area (Å²) < 4.78 is 1.86. The number of aromatic nitrogens is 3. The minimum absolute atomic E-state index is 0.137. The summed E-state index contributed by atoms with van der Waals surface area (Å²) in [6.07, 6.45) is 4.04. The van der Waals surface area contributed by atoms with E-state index in [9.17, 15) is 4.79 Å². The van der Waals surface area contributed by atoms with E-state index in [4.69, 9.17) is 5.73 Å². The van der Waals surface area contributed by atoms with Crippen LogP contribution in [0, 0.1) is 19.8 Å². The van der Waals surface area contributed by atoms with Gasteiger partial charge in [0.15, 0.2) is 0 Å². The Kier molecular flexibility index (Phi) is 5.14. The number of hydrogen-bond donors (Lipinski definition) is 1. The maximum atomic E-state index is 13.0. The molecular weight excluding hydrogens is 326 g/mol. The number of benzene rings is 1. The number of amides is 1. The Morgan fingerprint density at radius 3 is 2.81 bits per heavy atom. The summed E-state index contributed by atoms with van der Waals surface area (Å²) in [7, 11) is 0. The lowest BCUT2D eigenvalue weighted by Crippen LogP contribution is -2.41. The van der Waals surface area contributed by atoms with Crippen LogP contribution in [0.3, 0.4) is 0 Å². The molecule has 6 heteroatoms. The molecule has 0 spiro atoms. The van der Waals surface area contributed by atoms with Gasteiger partial charge in [-0.3, -0.25) is 9.48 Å². The highest BCUT2D eigenvalue weighted by Crippen LogP contribution is 2.22. The van der Waals surface area contributed by atoms with Gasteiger partial charge in [0.2, 0.25) is 0 Å². The summed E-state index contributed by atoms with van der Waals surface area (Å²) >= 11 is 0. The second kappa shape index (κ2) is 7.19. The van der Waals surface area contributed by atoms with E-state index in [-0.39, 0.29) is 5.91 Å². The molecule has 2 aromatic rings. The van der Waals surface area contributed by atoms with Crippen molar-refractivity contribution in [3.05, 3.63) is 46.8 Å². The highest BCUT2D eigenvalue weighted by Gasteiger charge is 2.26. The van der Waals surface area contributed by atoms with Gasteiger partial charge in [0.1, 0.15) is 5.69 Å². The third-order valence-electron chi connectivity index (χ3n) is 5.07. The predicted octanol–water partition coefficient (Wildman–Crippen LogP) is 2.64. The van der Waals surface area contributed by atoms with Crippen molar-refractivity contribution in [2.45, 2.75) is 52.6 Å². The number of nitrogens with two attached hydrogens (primary N) is 1. The SMILES string of the molecule is Cc1ccc(C)c(C(=O)N2CCCC(Cn3cc(C(C)(C)N)nn3)C2)c1. The number of aryl methyl sites for hydroxylation is 2. The van der Waals surface area contributed by atoms with Crippen molar-refractivity contribution >= 4 is 5.91 Å². The van der Waals surface area contributed by atoms with Crippen molar-refractivity contribution in [1.29, 1.82) is 0 Å². The quantitative estimate of drug-likeness (QED) is 0.915. The number of rotatable bonds is 4. The Morgan fingerprint density at radius 1 is 1.35 bits per heavy atom. The first-order valence-electron chi connectivity index (χ1n) is 9.30. The maximum absolute atomic E-state index is 13.0. The van der Waals surface area contributed by atoms with Gasteiger partial charge in [-0.25, -0.2) is 0 Å². The van der Waals surface area contributed by atoms with Crippen molar-refractivity contribution in [2.75, 3.05) is 13.1 Å². The van der Waals surface area contributed by atoms with Gasteiger partial charge in [-0.2, -0.15) is 0 Å². The van der Waals surface area contributed by atoms with E-state index < -0.39 is 5.54 Å². The molecule has 1 aromatic carbocycles. The molecule has 1 saturated heterocycles. The average molecular weight is 355 g/mol. The maximum Gasteiger partial charge on any atom is 0.254 e. The molecule has 1 unspecified atom stereocenters. The first-order valence-corrected chi connectivity index (χ1v) is 9.30. The lowest BCUT2D eigenvalue weighted by atomic mass is 9.96. The molecule has 1 aliphatic heterocycles. The molecule has 140 valence electrons. The normalized spacial score (nSPS) is 18.2. The molecule has 1 amide bonds. The Bertz CT molecular complexity index is 790. The first kappa shape index (κ1) is 18.6. The van der Waals surface area contributed by atoms with Gasteiger partial charge in [0.05, 0.1) is 11.7 Å². The van der Waals surface area contributed by atoms with Crippen molar-refractivity contribution in [2.24, 2.45) is 11.7 Å². The molecule has 1 fully saturated rings. The molecule has 0 saturated carbocycles. The Morgan fingerprint density at radius 2 is 2.12 bits per heavy atom. The lowest BCUT2D eigenvalue weighted by Gasteiger charge is -2.33. The van der Waals surface area contributed by atoms with Gasteiger partial charge >= 0.3 is 0 Å². The standard InChI is InChI=1S/C20H29N5O/c1-14-7-8-15(2)17(10-14)19(26)24-9-5-6-16(11-24)12-25-13-18(22-23-25)20(3,4)21/h7-8,10,13,16H,5-6,9,11-12,21H2,1-4H3.